The molecule has 3 nitrogen and oxygen atoms in total. The zero-order chi connectivity index (χ0) is 34.9. The molecule has 0 bridgehead atoms. The van der Waals surface area contributed by atoms with Crippen LogP contribution in [0.3, 0.4) is 0 Å². The van der Waals surface area contributed by atoms with Crippen molar-refractivity contribution in [2.75, 3.05) is 0 Å². The van der Waals surface area contributed by atoms with Crippen LogP contribution in [0.15, 0.2) is 186 Å². The first kappa shape index (κ1) is 29.9. The van der Waals surface area contributed by atoms with Crippen molar-refractivity contribution in [3.63, 3.8) is 0 Å². The van der Waals surface area contributed by atoms with Crippen molar-refractivity contribution in [3.05, 3.63) is 182 Å². The van der Waals surface area contributed by atoms with Crippen molar-refractivity contribution < 1.29 is 4.42 Å². The van der Waals surface area contributed by atoms with Crippen LogP contribution in [0.5, 0.6) is 0 Å². The van der Waals surface area contributed by atoms with E-state index in [0.29, 0.717) is 0 Å². The molecule has 0 saturated heterocycles. The van der Waals surface area contributed by atoms with Gasteiger partial charge in [-0.2, -0.15) is 0 Å². The van der Waals surface area contributed by atoms with Crippen molar-refractivity contribution >= 4 is 64.5 Å². The van der Waals surface area contributed by atoms with Crippen molar-refractivity contribution in [2.24, 2.45) is 0 Å². The smallest absolute Gasteiger partial charge is 0.145 e. The van der Waals surface area contributed by atoms with E-state index < -0.39 is 0 Å². The molecular weight excluding hydrogens is 665 g/mol. The molecule has 8 aromatic carbocycles. The van der Waals surface area contributed by atoms with Gasteiger partial charge in [0.25, 0.3) is 0 Å². The van der Waals surface area contributed by atoms with Gasteiger partial charge in [0.05, 0.1) is 11.0 Å². The molecule has 0 saturated carbocycles. The Balaban J connectivity index is 1.11. The lowest BCUT2D eigenvalue weighted by atomic mass is 9.92. The van der Waals surface area contributed by atoms with E-state index >= 15 is 0 Å². The third kappa shape index (κ3) is 4.99. The summed E-state index contributed by atoms with van der Waals surface area (Å²) in [6, 6.07) is 65.1. The number of benzene rings is 8. The second-order valence-electron chi connectivity index (χ2n) is 13.6. The van der Waals surface area contributed by atoms with Gasteiger partial charge in [-0.3, -0.25) is 4.57 Å². The average Bonchev–Trinajstić information content (AvgIpc) is 3.92. The lowest BCUT2D eigenvalue weighted by molar-refractivity contribution is 0.669. The number of imidazole rings is 1. The Labute approximate surface area is 309 Å². The quantitative estimate of drug-likeness (QED) is 0.180. The topological polar surface area (TPSA) is 31.0 Å². The van der Waals surface area contributed by atoms with Crippen molar-refractivity contribution in [1.82, 2.24) is 9.55 Å². The van der Waals surface area contributed by atoms with Crippen molar-refractivity contribution in [3.8, 4) is 50.5 Å². The van der Waals surface area contributed by atoms with Gasteiger partial charge in [-0.25, -0.2) is 4.98 Å². The number of thiophene rings is 1. The van der Waals surface area contributed by atoms with Gasteiger partial charge < -0.3 is 4.42 Å². The van der Waals surface area contributed by atoms with E-state index in [1.807, 2.05) is 23.5 Å². The fourth-order valence-corrected chi connectivity index (χ4v) is 8.92. The van der Waals surface area contributed by atoms with Crippen LogP contribution in [0.1, 0.15) is 0 Å². The second kappa shape index (κ2) is 11.9. The fraction of sp³-hybridized carbons (Fsp3) is 0. The van der Waals surface area contributed by atoms with Gasteiger partial charge >= 0.3 is 0 Å². The molecule has 4 heteroatoms. The monoisotopic (exact) mass is 694 g/mol. The van der Waals surface area contributed by atoms with E-state index in [4.69, 9.17) is 9.40 Å². The highest BCUT2D eigenvalue weighted by atomic mass is 32.1. The molecule has 0 spiro atoms. The molecular formula is C49H30N2OS. The molecule has 0 aliphatic heterocycles. The van der Waals surface area contributed by atoms with Crippen LogP contribution in [-0.4, -0.2) is 9.55 Å². The molecule has 248 valence electrons. The Hall–Kier alpha value is -6.75. The zero-order valence-electron chi connectivity index (χ0n) is 28.5. The van der Waals surface area contributed by atoms with Crippen LogP contribution in [0.4, 0.5) is 0 Å². The summed E-state index contributed by atoms with van der Waals surface area (Å²) in [4.78, 5) is 5.18. The van der Waals surface area contributed by atoms with Gasteiger partial charge in [0.15, 0.2) is 0 Å². The van der Waals surface area contributed by atoms with Gasteiger partial charge in [0.2, 0.25) is 0 Å². The number of hydrogen-bond donors (Lipinski definition) is 0. The van der Waals surface area contributed by atoms with Gasteiger partial charge in [0.1, 0.15) is 17.0 Å². The van der Waals surface area contributed by atoms with Crippen LogP contribution >= 0.6 is 11.3 Å². The van der Waals surface area contributed by atoms with Crippen LogP contribution in [0.25, 0.3) is 104 Å². The molecule has 11 rings (SSSR count). The summed E-state index contributed by atoms with van der Waals surface area (Å²) in [6.07, 6.45) is 0. The third-order valence-corrected chi connectivity index (χ3v) is 11.5. The molecule has 3 aromatic heterocycles. The van der Waals surface area contributed by atoms with E-state index in [1.165, 1.54) is 31.3 Å². The highest BCUT2D eigenvalue weighted by Crippen LogP contribution is 2.40. The van der Waals surface area contributed by atoms with E-state index in [-0.39, 0.29) is 0 Å². The first-order valence-corrected chi connectivity index (χ1v) is 18.7. The summed E-state index contributed by atoms with van der Waals surface area (Å²) in [5.41, 5.74) is 13.0. The lowest BCUT2D eigenvalue weighted by Crippen LogP contribution is -1.97. The molecule has 0 unspecified atom stereocenters. The predicted octanol–water partition coefficient (Wildman–Crippen LogP) is 14.0. The number of aromatic nitrogens is 2. The Morgan fingerprint density at radius 1 is 0.396 bits per heavy atom. The Bertz CT molecular complexity index is 3050. The minimum Gasteiger partial charge on any atom is -0.456 e. The van der Waals surface area contributed by atoms with Crippen LogP contribution in [0, 0.1) is 0 Å². The van der Waals surface area contributed by atoms with Gasteiger partial charge in [-0.15, -0.1) is 11.3 Å². The highest BCUT2D eigenvalue weighted by Gasteiger charge is 2.17. The van der Waals surface area contributed by atoms with Crippen molar-refractivity contribution in [2.45, 2.75) is 0 Å². The first-order valence-electron chi connectivity index (χ1n) is 17.9. The average molecular weight is 695 g/mol. The van der Waals surface area contributed by atoms with Gasteiger partial charge in [0, 0.05) is 42.2 Å². The van der Waals surface area contributed by atoms with Gasteiger partial charge in [-0.1, -0.05) is 97.1 Å². The number of para-hydroxylation sites is 4. The molecule has 53 heavy (non-hydrogen) atoms. The molecule has 0 atom stereocenters. The number of hydrogen-bond acceptors (Lipinski definition) is 3. The summed E-state index contributed by atoms with van der Waals surface area (Å²) in [5, 5.41) is 4.85. The standard InChI is InChI=1S/C49H30N2OS/c1-2-13-38(14-3-1)51-44-18-7-6-17-43(44)50-49(51)34-12-10-11-31(25-34)35-26-36(32-21-23-46-41(29-32)39-15-4-8-19-45(39)52-46)28-37(27-35)33-22-24-48-42(30-33)40-16-5-9-20-47(40)53-48/h1-30H. The molecule has 0 radical (unpaired) electrons. The summed E-state index contributed by atoms with van der Waals surface area (Å²) in [6.45, 7) is 0. The summed E-state index contributed by atoms with van der Waals surface area (Å²) in [7, 11) is 0. The normalized spacial score (nSPS) is 11.8. The van der Waals surface area contributed by atoms with Crippen LogP contribution < -0.4 is 0 Å². The maximum atomic E-state index is 6.21. The minimum absolute atomic E-state index is 0.898. The van der Waals surface area contributed by atoms with Crippen LogP contribution in [0.2, 0.25) is 0 Å². The summed E-state index contributed by atoms with van der Waals surface area (Å²) < 4.78 is 11.1. The number of fused-ring (bicyclic) bond motifs is 7. The largest absolute Gasteiger partial charge is 0.456 e. The van der Waals surface area contributed by atoms with Crippen molar-refractivity contribution in [1.29, 1.82) is 0 Å². The zero-order valence-corrected chi connectivity index (χ0v) is 29.3. The van der Waals surface area contributed by atoms with E-state index in [2.05, 4.69) is 174 Å². The minimum atomic E-state index is 0.898. The summed E-state index contributed by atoms with van der Waals surface area (Å²) in [5.74, 6) is 0.919. The summed E-state index contributed by atoms with van der Waals surface area (Å²) >= 11 is 1.85. The molecule has 0 aliphatic rings. The fourth-order valence-electron chi connectivity index (χ4n) is 7.83. The Morgan fingerprint density at radius 2 is 1.00 bits per heavy atom. The van der Waals surface area contributed by atoms with E-state index in [9.17, 15) is 0 Å². The van der Waals surface area contributed by atoms with Crippen LogP contribution in [-0.2, 0) is 0 Å². The first-order chi connectivity index (χ1) is 26.2. The van der Waals surface area contributed by atoms with E-state index in [0.717, 1.165) is 72.3 Å². The molecule has 0 N–H and O–H groups in total. The van der Waals surface area contributed by atoms with E-state index in [1.54, 1.807) is 0 Å². The SMILES string of the molecule is c1ccc(-n2c(-c3cccc(-c4cc(-c5ccc6oc7ccccc7c6c5)cc(-c5ccc6sc7ccccc7c6c5)c4)c3)nc3ccccc32)cc1. The lowest BCUT2D eigenvalue weighted by Gasteiger charge is -2.13. The Morgan fingerprint density at radius 3 is 1.85 bits per heavy atom. The molecule has 11 aromatic rings. The Kier molecular flexibility index (Phi) is 6.73. The maximum absolute atomic E-state index is 6.21. The molecule has 0 fully saturated rings. The highest BCUT2D eigenvalue weighted by molar-refractivity contribution is 7.25. The second-order valence-corrected chi connectivity index (χ2v) is 14.7. The maximum Gasteiger partial charge on any atom is 0.145 e. The number of furan rings is 1. The number of rotatable bonds is 5. The molecule has 0 amide bonds. The molecule has 0 aliphatic carbocycles. The van der Waals surface area contributed by atoms with Gasteiger partial charge in [-0.05, 0) is 118 Å². The predicted molar refractivity (Wildman–Crippen MR) is 223 cm³/mol. The third-order valence-electron chi connectivity index (χ3n) is 10.4. The molecule has 3 heterocycles. The number of nitrogens with zero attached hydrogens (tertiary/aromatic N) is 2.